The average Bonchev–Trinajstić information content (AvgIpc) is 3.15. The van der Waals surface area contributed by atoms with Crippen LogP contribution in [0.1, 0.15) is 5.56 Å². The predicted molar refractivity (Wildman–Crippen MR) is 102 cm³/mol. The highest BCUT2D eigenvalue weighted by Crippen LogP contribution is 2.26. The number of phenolic OH excluding ortho intramolecular Hbond substituents is 1. The zero-order valence-corrected chi connectivity index (χ0v) is 14.9. The average molecular weight is 365 g/mol. The van der Waals surface area contributed by atoms with Crippen molar-refractivity contribution in [2.75, 3.05) is 19.5 Å². The Morgan fingerprint density at radius 3 is 2.81 bits per heavy atom. The SMILES string of the molecule is COc1cccc(-n2cc(NC(=O)/C=C/c3ccc(O)c(OC)c3)cn2)c1. The molecule has 138 valence electrons. The minimum Gasteiger partial charge on any atom is -0.504 e. The number of methoxy groups -OCH3 is 2. The number of anilines is 1. The summed E-state index contributed by atoms with van der Waals surface area (Å²) in [7, 11) is 3.07. The third kappa shape index (κ3) is 4.46. The number of carbonyl (C=O) groups excluding carboxylic acids is 1. The molecule has 0 saturated carbocycles. The summed E-state index contributed by atoms with van der Waals surface area (Å²) in [6.07, 6.45) is 6.30. The molecule has 1 aromatic heterocycles. The summed E-state index contributed by atoms with van der Waals surface area (Å²) in [6.45, 7) is 0. The largest absolute Gasteiger partial charge is 0.504 e. The molecule has 0 radical (unpaired) electrons. The maximum absolute atomic E-state index is 12.1. The highest BCUT2D eigenvalue weighted by Gasteiger charge is 2.05. The molecule has 0 saturated heterocycles. The van der Waals surface area contributed by atoms with Crippen LogP contribution < -0.4 is 14.8 Å². The standard InChI is InChI=1S/C20H19N3O4/c1-26-17-5-3-4-16(11-17)23-13-15(12-21-23)22-20(25)9-7-14-6-8-18(24)19(10-14)27-2/h3-13,24H,1-2H3,(H,22,25)/b9-7+. The van der Waals surface area contributed by atoms with Gasteiger partial charge < -0.3 is 19.9 Å². The number of nitrogens with one attached hydrogen (secondary N) is 1. The molecule has 3 rings (SSSR count). The molecule has 7 nitrogen and oxygen atoms in total. The zero-order chi connectivity index (χ0) is 19.2. The van der Waals surface area contributed by atoms with Gasteiger partial charge in [-0.1, -0.05) is 12.1 Å². The van der Waals surface area contributed by atoms with E-state index in [1.807, 2.05) is 24.3 Å². The molecule has 3 aromatic rings. The van der Waals surface area contributed by atoms with Crippen molar-refractivity contribution in [2.24, 2.45) is 0 Å². The van der Waals surface area contributed by atoms with Crippen LogP contribution in [-0.2, 0) is 4.79 Å². The van der Waals surface area contributed by atoms with Crippen LogP contribution in [0.25, 0.3) is 11.8 Å². The van der Waals surface area contributed by atoms with Crippen molar-refractivity contribution in [3.8, 4) is 22.9 Å². The fourth-order valence-electron chi connectivity index (χ4n) is 2.44. The second-order valence-electron chi connectivity index (χ2n) is 5.63. The van der Waals surface area contributed by atoms with Crippen LogP contribution in [0.5, 0.6) is 17.2 Å². The van der Waals surface area contributed by atoms with E-state index in [2.05, 4.69) is 10.4 Å². The van der Waals surface area contributed by atoms with Gasteiger partial charge in [0.15, 0.2) is 11.5 Å². The van der Waals surface area contributed by atoms with Gasteiger partial charge in [-0.05, 0) is 35.9 Å². The summed E-state index contributed by atoms with van der Waals surface area (Å²) in [4.78, 5) is 12.1. The molecule has 0 unspecified atom stereocenters. The Kier molecular flexibility index (Phi) is 5.41. The number of benzene rings is 2. The zero-order valence-electron chi connectivity index (χ0n) is 14.9. The minimum atomic E-state index is -0.299. The van der Waals surface area contributed by atoms with E-state index < -0.39 is 0 Å². The molecule has 1 amide bonds. The summed E-state index contributed by atoms with van der Waals surface area (Å²) in [5, 5.41) is 16.6. The molecule has 0 spiro atoms. The molecule has 0 aliphatic rings. The summed E-state index contributed by atoms with van der Waals surface area (Å²) in [5.41, 5.74) is 2.12. The quantitative estimate of drug-likeness (QED) is 0.655. The molecule has 0 bridgehead atoms. The fourth-order valence-corrected chi connectivity index (χ4v) is 2.44. The lowest BCUT2D eigenvalue weighted by Gasteiger charge is -2.04. The van der Waals surface area contributed by atoms with E-state index in [0.29, 0.717) is 11.4 Å². The van der Waals surface area contributed by atoms with Crippen molar-refractivity contribution in [3.63, 3.8) is 0 Å². The van der Waals surface area contributed by atoms with E-state index in [9.17, 15) is 9.90 Å². The summed E-state index contributed by atoms with van der Waals surface area (Å²) < 4.78 is 11.9. The van der Waals surface area contributed by atoms with Crippen LogP contribution in [0.4, 0.5) is 5.69 Å². The van der Waals surface area contributed by atoms with Crippen LogP contribution in [0.2, 0.25) is 0 Å². The van der Waals surface area contributed by atoms with Gasteiger partial charge in [-0.2, -0.15) is 5.10 Å². The Morgan fingerprint density at radius 2 is 2.04 bits per heavy atom. The maximum Gasteiger partial charge on any atom is 0.248 e. The monoisotopic (exact) mass is 365 g/mol. The van der Waals surface area contributed by atoms with Crippen LogP contribution in [0, 0.1) is 0 Å². The number of hydrogen-bond donors (Lipinski definition) is 2. The van der Waals surface area contributed by atoms with Gasteiger partial charge >= 0.3 is 0 Å². The number of rotatable bonds is 6. The van der Waals surface area contributed by atoms with E-state index in [1.165, 1.54) is 19.3 Å². The maximum atomic E-state index is 12.1. The molecule has 27 heavy (non-hydrogen) atoms. The molecule has 0 aliphatic heterocycles. The summed E-state index contributed by atoms with van der Waals surface area (Å²) in [6, 6.07) is 12.3. The Hall–Kier alpha value is -3.74. The molecule has 0 atom stereocenters. The van der Waals surface area contributed by atoms with Crippen LogP contribution in [-0.4, -0.2) is 35.0 Å². The fraction of sp³-hybridized carbons (Fsp3) is 0.100. The van der Waals surface area contributed by atoms with Gasteiger partial charge in [-0.15, -0.1) is 0 Å². The summed E-state index contributed by atoms with van der Waals surface area (Å²) in [5.74, 6) is 0.814. The second-order valence-corrected chi connectivity index (χ2v) is 5.63. The number of aromatic nitrogens is 2. The number of hydrogen-bond acceptors (Lipinski definition) is 5. The van der Waals surface area contributed by atoms with E-state index >= 15 is 0 Å². The predicted octanol–water partition coefficient (Wildman–Crippen LogP) is 3.25. The molecular weight excluding hydrogens is 346 g/mol. The molecular formula is C20H19N3O4. The van der Waals surface area contributed by atoms with Gasteiger partial charge in [0, 0.05) is 12.1 Å². The first kappa shape index (κ1) is 18.1. The summed E-state index contributed by atoms with van der Waals surface area (Å²) >= 11 is 0. The van der Waals surface area contributed by atoms with Crippen LogP contribution >= 0.6 is 0 Å². The van der Waals surface area contributed by atoms with Crippen molar-refractivity contribution < 1.29 is 19.4 Å². The Morgan fingerprint density at radius 1 is 1.19 bits per heavy atom. The number of aromatic hydroxyl groups is 1. The minimum absolute atomic E-state index is 0.0454. The lowest BCUT2D eigenvalue weighted by molar-refractivity contribution is -0.111. The Bertz CT molecular complexity index is 979. The van der Waals surface area contributed by atoms with Crippen LogP contribution in [0.3, 0.4) is 0 Å². The Balaban J connectivity index is 1.67. The molecule has 0 fully saturated rings. The van der Waals surface area contributed by atoms with Crippen molar-refractivity contribution in [1.29, 1.82) is 0 Å². The van der Waals surface area contributed by atoms with Gasteiger partial charge in [-0.3, -0.25) is 4.79 Å². The number of phenols is 1. The number of carbonyl (C=O) groups is 1. The number of nitrogens with zero attached hydrogens (tertiary/aromatic N) is 2. The normalized spacial score (nSPS) is 10.7. The van der Waals surface area contributed by atoms with Gasteiger partial charge in [0.2, 0.25) is 5.91 Å². The van der Waals surface area contributed by atoms with Crippen molar-refractivity contribution in [2.45, 2.75) is 0 Å². The van der Waals surface area contributed by atoms with E-state index in [-0.39, 0.29) is 11.7 Å². The van der Waals surface area contributed by atoms with Gasteiger partial charge in [-0.25, -0.2) is 4.68 Å². The van der Waals surface area contributed by atoms with E-state index in [4.69, 9.17) is 9.47 Å². The Labute approximate surface area is 156 Å². The lowest BCUT2D eigenvalue weighted by Crippen LogP contribution is -2.06. The smallest absolute Gasteiger partial charge is 0.248 e. The van der Waals surface area contributed by atoms with E-state index in [1.54, 1.807) is 42.4 Å². The second kappa shape index (κ2) is 8.09. The molecule has 0 aliphatic carbocycles. The third-order valence-corrected chi connectivity index (χ3v) is 3.80. The van der Waals surface area contributed by atoms with Crippen molar-refractivity contribution in [3.05, 3.63) is 66.5 Å². The van der Waals surface area contributed by atoms with E-state index in [0.717, 1.165) is 17.0 Å². The van der Waals surface area contributed by atoms with Gasteiger partial charge in [0.1, 0.15) is 5.75 Å². The van der Waals surface area contributed by atoms with Gasteiger partial charge in [0.05, 0.1) is 38.0 Å². The molecule has 1 heterocycles. The first-order valence-electron chi connectivity index (χ1n) is 8.14. The first-order chi connectivity index (χ1) is 13.1. The highest BCUT2D eigenvalue weighted by atomic mass is 16.5. The molecule has 2 N–H and O–H groups in total. The highest BCUT2D eigenvalue weighted by molar-refractivity contribution is 6.01. The van der Waals surface area contributed by atoms with Crippen LogP contribution in [0.15, 0.2) is 60.9 Å². The van der Waals surface area contributed by atoms with Crippen molar-refractivity contribution in [1.82, 2.24) is 9.78 Å². The first-order valence-corrected chi connectivity index (χ1v) is 8.14. The molecule has 7 heteroatoms. The number of ether oxygens (including phenoxy) is 2. The molecule has 2 aromatic carbocycles. The number of amides is 1. The van der Waals surface area contributed by atoms with Crippen molar-refractivity contribution >= 4 is 17.7 Å². The van der Waals surface area contributed by atoms with Gasteiger partial charge in [0.25, 0.3) is 0 Å². The lowest BCUT2D eigenvalue weighted by atomic mass is 10.2. The third-order valence-electron chi connectivity index (χ3n) is 3.80. The topological polar surface area (TPSA) is 85.6 Å².